The summed E-state index contributed by atoms with van der Waals surface area (Å²) in [7, 11) is -0.597. The molecule has 124 valence electrons. The van der Waals surface area contributed by atoms with E-state index in [1.807, 2.05) is 27.7 Å². The summed E-state index contributed by atoms with van der Waals surface area (Å²) in [5, 5.41) is 9.07. The van der Waals surface area contributed by atoms with Crippen LogP contribution in [-0.2, 0) is 14.1 Å². The lowest BCUT2D eigenvalue weighted by Crippen LogP contribution is -2.41. The minimum absolute atomic E-state index is 0.151. The van der Waals surface area contributed by atoms with Gasteiger partial charge in [-0.3, -0.25) is 9.59 Å². The number of nitrogens with one attached hydrogen (secondary N) is 2. The molecule has 0 unspecified atom stereocenters. The Hall–Kier alpha value is -1.93. The quantitative estimate of drug-likeness (QED) is 0.805. The predicted molar refractivity (Wildman–Crippen MR) is 87.6 cm³/mol. The molecule has 0 atom stereocenters. The SMILES string of the molecule is CC(=O)NCC(=Cc1ccc(=O)[nH]n1)B1OC(C)(C)C(C)(C)O1. The maximum atomic E-state index is 11.2. The van der Waals surface area contributed by atoms with Crippen molar-refractivity contribution in [3.05, 3.63) is 33.7 Å². The third-order valence-corrected chi connectivity index (χ3v) is 4.13. The smallest absolute Gasteiger partial charge is 0.400 e. The number of nitrogens with zero attached hydrogens (tertiary/aromatic N) is 1. The Bertz CT molecular complexity index is 645. The molecule has 0 spiro atoms. The molecule has 1 fully saturated rings. The predicted octanol–water partition coefficient (Wildman–Crippen LogP) is 0.921. The van der Waals surface area contributed by atoms with Gasteiger partial charge in [0.1, 0.15) is 0 Å². The number of hydrogen-bond acceptors (Lipinski definition) is 5. The largest absolute Gasteiger partial charge is 0.492 e. The first kappa shape index (κ1) is 17.4. The monoisotopic (exact) mass is 319 g/mol. The van der Waals surface area contributed by atoms with Crippen LogP contribution < -0.4 is 10.9 Å². The van der Waals surface area contributed by atoms with E-state index in [0.717, 1.165) is 5.47 Å². The normalized spacial score (nSPS) is 19.7. The summed E-state index contributed by atoms with van der Waals surface area (Å²) >= 11 is 0. The first-order valence-corrected chi connectivity index (χ1v) is 7.47. The maximum absolute atomic E-state index is 11.2. The van der Waals surface area contributed by atoms with E-state index in [1.54, 1.807) is 12.1 Å². The molecule has 7 nitrogen and oxygen atoms in total. The summed E-state index contributed by atoms with van der Waals surface area (Å²) in [6.07, 6.45) is 1.74. The number of hydrogen-bond donors (Lipinski definition) is 2. The van der Waals surface area contributed by atoms with Gasteiger partial charge in [-0.25, -0.2) is 5.10 Å². The number of carbonyl (C=O) groups is 1. The second-order valence-corrected chi connectivity index (χ2v) is 6.56. The average Bonchev–Trinajstić information content (AvgIpc) is 2.65. The molecule has 1 amide bonds. The summed E-state index contributed by atoms with van der Waals surface area (Å²) in [6.45, 7) is 9.55. The molecule has 0 saturated carbocycles. The molecule has 0 aromatic carbocycles. The summed E-state index contributed by atoms with van der Waals surface area (Å²) in [4.78, 5) is 22.3. The fourth-order valence-corrected chi connectivity index (χ4v) is 2.05. The molecular formula is C15H22BN3O4. The van der Waals surface area contributed by atoms with Gasteiger partial charge in [0.2, 0.25) is 5.91 Å². The number of carbonyl (C=O) groups excluding carboxylic acids is 1. The van der Waals surface area contributed by atoms with Crippen molar-refractivity contribution in [1.82, 2.24) is 15.5 Å². The van der Waals surface area contributed by atoms with Crippen LogP contribution in [0.3, 0.4) is 0 Å². The molecular weight excluding hydrogens is 297 g/mol. The zero-order valence-corrected chi connectivity index (χ0v) is 14.1. The fraction of sp³-hybridized carbons (Fsp3) is 0.533. The molecule has 0 radical (unpaired) electrons. The van der Waals surface area contributed by atoms with Gasteiger partial charge in [0.25, 0.3) is 5.56 Å². The van der Waals surface area contributed by atoms with Gasteiger partial charge in [0.15, 0.2) is 0 Å². The van der Waals surface area contributed by atoms with Crippen molar-refractivity contribution >= 4 is 19.1 Å². The Labute approximate surface area is 135 Å². The van der Waals surface area contributed by atoms with Gasteiger partial charge in [-0.2, -0.15) is 5.10 Å². The van der Waals surface area contributed by atoms with Crippen molar-refractivity contribution in [3.8, 4) is 0 Å². The molecule has 1 aromatic heterocycles. The van der Waals surface area contributed by atoms with Crippen molar-refractivity contribution in [2.45, 2.75) is 45.8 Å². The van der Waals surface area contributed by atoms with Crippen LogP contribution in [0.25, 0.3) is 6.08 Å². The van der Waals surface area contributed by atoms with Gasteiger partial charge < -0.3 is 14.6 Å². The molecule has 1 saturated heterocycles. The van der Waals surface area contributed by atoms with Crippen LogP contribution in [0.15, 0.2) is 22.4 Å². The molecule has 23 heavy (non-hydrogen) atoms. The molecule has 1 aliphatic rings. The average molecular weight is 319 g/mol. The Kier molecular flexibility index (Phi) is 4.77. The zero-order chi connectivity index (χ0) is 17.3. The Morgan fingerprint density at radius 2 is 1.91 bits per heavy atom. The van der Waals surface area contributed by atoms with Crippen LogP contribution in [0.5, 0.6) is 0 Å². The van der Waals surface area contributed by atoms with Gasteiger partial charge in [-0.15, -0.1) is 0 Å². The molecule has 2 rings (SSSR count). The Morgan fingerprint density at radius 1 is 1.30 bits per heavy atom. The van der Waals surface area contributed by atoms with Crippen LogP contribution in [0, 0.1) is 0 Å². The third-order valence-electron chi connectivity index (χ3n) is 4.13. The zero-order valence-electron chi connectivity index (χ0n) is 14.1. The first-order chi connectivity index (χ1) is 10.6. The number of aromatic nitrogens is 2. The van der Waals surface area contributed by atoms with E-state index in [-0.39, 0.29) is 18.0 Å². The van der Waals surface area contributed by atoms with Gasteiger partial charge in [-0.1, -0.05) is 0 Å². The molecule has 0 aliphatic carbocycles. The highest BCUT2D eigenvalue weighted by Crippen LogP contribution is 2.38. The summed E-state index contributed by atoms with van der Waals surface area (Å²) in [5.74, 6) is -0.151. The highest BCUT2D eigenvalue weighted by Gasteiger charge is 2.52. The number of H-pyrrole nitrogens is 1. The lowest BCUT2D eigenvalue weighted by atomic mass is 9.77. The molecule has 1 aliphatic heterocycles. The van der Waals surface area contributed by atoms with Gasteiger partial charge >= 0.3 is 7.12 Å². The molecule has 2 N–H and O–H groups in total. The van der Waals surface area contributed by atoms with E-state index in [9.17, 15) is 9.59 Å². The van der Waals surface area contributed by atoms with Crippen LogP contribution in [0.2, 0.25) is 0 Å². The second-order valence-electron chi connectivity index (χ2n) is 6.56. The number of aromatic amines is 1. The molecule has 0 bridgehead atoms. The van der Waals surface area contributed by atoms with E-state index in [4.69, 9.17) is 9.31 Å². The van der Waals surface area contributed by atoms with Gasteiger partial charge in [0.05, 0.1) is 16.9 Å². The van der Waals surface area contributed by atoms with Crippen LogP contribution >= 0.6 is 0 Å². The summed E-state index contributed by atoms with van der Waals surface area (Å²) in [6, 6.07) is 2.98. The first-order valence-electron chi connectivity index (χ1n) is 7.47. The van der Waals surface area contributed by atoms with Crippen molar-refractivity contribution in [1.29, 1.82) is 0 Å². The van der Waals surface area contributed by atoms with Gasteiger partial charge in [0, 0.05) is 19.5 Å². The van der Waals surface area contributed by atoms with E-state index < -0.39 is 18.3 Å². The van der Waals surface area contributed by atoms with E-state index in [0.29, 0.717) is 5.69 Å². The van der Waals surface area contributed by atoms with Crippen molar-refractivity contribution < 1.29 is 14.1 Å². The molecule has 1 aromatic rings. The number of amides is 1. The van der Waals surface area contributed by atoms with E-state index in [1.165, 1.54) is 13.0 Å². The highest BCUT2D eigenvalue weighted by atomic mass is 16.7. The lowest BCUT2D eigenvalue weighted by Gasteiger charge is -2.32. The van der Waals surface area contributed by atoms with Crippen LogP contribution in [0.4, 0.5) is 0 Å². The minimum Gasteiger partial charge on any atom is -0.400 e. The minimum atomic E-state index is -0.597. The maximum Gasteiger partial charge on any atom is 0.492 e. The Balaban J connectivity index is 2.29. The van der Waals surface area contributed by atoms with E-state index >= 15 is 0 Å². The topological polar surface area (TPSA) is 93.3 Å². The lowest BCUT2D eigenvalue weighted by molar-refractivity contribution is -0.118. The molecule has 2 heterocycles. The summed E-state index contributed by atoms with van der Waals surface area (Å²) < 4.78 is 12.0. The molecule has 8 heteroatoms. The van der Waals surface area contributed by atoms with Crippen LogP contribution in [0.1, 0.15) is 40.3 Å². The highest BCUT2D eigenvalue weighted by molar-refractivity contribution is 6.56. The standard InChI is InChI=1S/C15H22BN3O4/c1-10(20)17-9-11(8-12-6-7-13(21)19-18-12)16-22-14(2,3)15(4,5)23-16/h6-8H,9H2,1-5H3,(H,17,20)(H,19,21). The van der Waals surface area contributed by atoms with Crippen molar-refractivity contribution in [2.75, 3.05) is 6.54 Å². The fourth-order valence-electron chi connectivity index (χ4n) is 2.05. The van der Waals surface area contributed by atoms with Crippen molar-refractivity contribution in [2.24, 2.45) is 0 Å². The van der Waals surface area contributed by atoms with Gasteiger partial charge in [-0.05, 0) is 45.3 Å². The van der Waals surface area contributed by atoms with Crippen molar-refractivity contribution in [3.63, 3.8) is 0 Å². The van der Waals surface area contributed by atoms with Crippen LogP contribution in [-0.4, -0.2) is 41.0 Å². The third kappa shape index (κ3) is 4.08. The second kappa shape index (κ2) is 6.29. The summed E-state index contributed by atoms with van der Waals surface area (Å²) in [5.41, 5.74) is 0.0378. The van der Waals surface area contributed by atoms with E-state index in [2.05, 4.69) is 15.5 Å². The number of rotatable bonds is 4. The Morgan fingerprint density at radius 3 is 2.39 bits per heavy atom.